The highest BCUT2D eigenvalue weighted by Crippen LogP contribution is 2.35. The predicted molar refractivity (Wildman–Crippen MR) is 78.8 cm³/mol. The zero-order chi connectivity index (χ0) is 14.3. The number of nitriles is 1. The Bertz CT molecular complexity index is 593. The first-order valence-electron chi connectivity index (χ1n) is 6.59. The van der Waals surface area contributed by atoms with Gasteiger partial charge in [-0.1, -0.05) is 6.07 Å². The van der Waals surface area contributed by atoms with E-state index in [9.17, 15) is 0 Å². The van der Waals surface area contributed by atoms with Crippen LogP contribution in [0.15, 0.2) is 18.0 Å². The highest BCUT2D eigenvalue weighted by atomic mass is 15.4. The van der Waals surface area contributed by atoms with Crippen molar-refractivity contribution in [2.24, 2.45) is 0 Å². The summed E-state index contributed by atoms with van der Waals surface area (Å²) in [7, 11) is 1.96. The second kappa shape index (κ2) is 4.62. The number of hydrogen-bond donors (Lipinski definition) is 0. The van der Waals surface area contributed by atoms with Crippen molar-refractivity contribution >= 4 is 5.69 Å². The van der Waals surface area contributed by atoms with Crippen LogP contribution in [-0.4, -0.2) is 18.1 Å². The Morgan fingerprint density at radius 1 is 1.11 bits per heavy atom. The van der Waals surface area contributed by atoms with Gasteiger partial charge in [-0.25, -0.2) is 0 Å². The molecule has 1 heterocycles. The van der Waals surface area contributed by atoms with E-state index in [1.54, 1.807) is 0 Å². The largest absolute Gasteiger partial charge is 0.344 e. The first-order valence-corrected chi connectivity index (χ1v) is 6.59. The van der Waals surface area contributed by atoms with E-state index in [2.05, 4.69) is 51.7 Å². The van der Waals surface area contributed by atoms with Crippen LogP contribution < -0.4 is 4.90 Å². The molecule has 0 N–H and O–H groups in total. The van der Waals surface area contributed by atoms with E-state index in [4.69, 9.17) is 5.26 Å². The molecule has 0 amide bonds. The number of allylic oxidation sites excluding steroid dienone is 1. The molecule has 0 spiro atoms. The molecule has 0 unspecified atom stereocenters. The van der Waals surface area contributed by atoms with E-state index < -0.39 is 0 Å². The molecule has 0 bridgehead atoms. The fraction of sp³-hybridized carbons (Fsp3) is 0.438. The summed E-state index contributed by atoms with van der Waals surface area (Å²) >= 11 is 0. The minimum absolute atomic E-state index is 0.175. The van der Waals surface area contributed by atoms with Crippen LogP contribution in [0, 0.1) is 39.0 Å². The topological polar surface area (TPSA) is 30.3 Å². The maximum Gasteiger partial charge on any atom is 0.134 e. The third-order valence-electron chi connectivity index (χ3n) is 4.29. The number of aryl methyl sites for hydroxylation is 2. The van der Waals surface area contributed by atoms with Crippen molar-refractivity contribution in [3.8, 4) is 6.07 Å². The molecule has 1 atom stereocenters. The molecule has 1 aliphatic rings. The molecule has 100 valence electrons. The van der Waals surface area contributed by atoms with Crippen molar-refractivity contribution in [1.82, 2.24) is 4.90 Å². The SMILES string of the molecule is Cc1cc(C)c(N2C=C(C#N)N(C)[C@@H]2C)c(C)c1C. The van der Waals surface area contributed by atoms with Crippen LogP contribution >= 0.6 is 0 Å². The molecule has 3 nitrogen and oxygen atoms in total. The number of hydrogen-bond acceptors (Lipinski definition) is 3. The van der Waals surface area contributed by atoms with Gasteiger partial charge in [0.05, 0.1) is 0 Å². The molecule has 0 saturated carbocycles. The van der Waals surface area contributed by atoms with Crippen LogP contribution in [0.1, 0.15) is 29.2 Å². The lowest BCUT2D eigenvalue weighted by Crippen LogP contribution is -2.35. The molecule has 0 saturated heterocycles. The lowest BCUT2D eigenvalue weighted by atomic mass is 9.97. The van der Waals surface area contributed by atoms with Crippen LogP contribution in [0.3, 0.4) is 0 Å². The average molecular weight is 255 g/mol. The maximum atomic E-state index is 9.17. The highest BCUT2D eigenvalue weighted by Gasteiger charge is 2.28. The number of anilines is 1. The standard InChI is InChI=1S/C16H21N3/c1-10-7-11(2)16(13(4)12(10)3)19-9-15(8-17)18(6)14(19)5/h7,9,14H,1-6H3/t14-/m0/s1. The highest BCUT2D eigenvalue weighted by molar-refractivity contribution is 5.66. The van der Waals surface area contributed by atoms with Crippen LogP contribution in [0.4, 0.5) is 5.69 Å². The van der Waals surface area contributed by atoms with Crippen molar-refractivity contribution in [1.29, 1.82) is 5.26 Å². The molecule has 1 aromatic rings. The molecule has 0 radical (unpaired) electrons. The summed E-state index contributed by atoms with van der Waals surface area (Å²) in [5.41, 5.74) is 7.15. The number of benzene rings is 1. The lowest BCUT2D eigenvalue weighted by Gasteiger charge is -2.30. The van der Waals surface area contributed by atoms with E-state index >= 15 is 0 Å². The van der Waals surface area contributed by atoms with Crippen molar-refractivity contribution in [3.05, 3.63) is 40.2 Å². The van der Waals surface area contributed by atoms with Gasteiger partial charge in [-0.05, 0) is 56.9 Å². The van der Waals surface area contributed by atoms with Crippen molar-refractivity contribution in [2.75, 3.05) is 11.9 Å². The zero-order valence-corrected chi connectivity index (χ0v) is 12.6. The van der Waals surface area contributed by atoms with Gasteiger partial charge in [-0.2, -0.15) is 5.26 Å². The van der Waals surface area contributed by atoms with Crippen LogP contribution in [-0.2, 0) is 0 Å². The second-order valence-corrected chi connectivity index (χ2v) is 5.39. The van der Waals surface area contributed by atoms with Crippen molar-refractivity contribution < 1.29 is 0 Å². The van der Waals surface area contributed by atoms with E-state index in [1.165, 1.54) is 27.9 Å². The molecular formula is C16H21N3. The summed E-state index contributed by atoms with van der Waals surface area (Å²) < 4.78 is 0. The molecule has 3 heteroatoms. The van der Waals surface area contributed by atoms with Crippen LogP contribution in [0.5, 0.6) is 0 Å². The van der Waals surface area contributed by atoms with Gasteiger partial charge in [0.25, 0.3) is 0 Å². The van der Waals surface area contributed by atoms with Crippen LogP contribution in [0.2, 0.25) is 0 Å². The Labute approximate surface area is 115 Å². The Hall–Kier alpha value is -1.95. The van der Waals surface area contributed by atoms with E-state index in [1.807, 2.05) is 18.1 Å². The Morgan fingerprint density at radius 3 is 2.26 bits per heavy atom. The second-order valence-electron chi connectivity index (χ2n) is 5.39. The van der Waals surface area contributed by atoms with Gasteiger partial charge < -0.3 is 9.80 Å². The smallest absolute Gasteiger partial charge is 0.134 e. The number of nitrogens with zero attached hydrogens (tertiary/aromatic N) is 3. The van der Waals surface area contributed by atoms with Crippen molar-refractivity contribution in [2.45, 2.75) is 40.8 Å². The first-order chi connectivity index (χ1) is 8.88. The van der Waals surface area contributed by atoms with E-state index in [0.29, 0.717) is 5.70 Å². The van der Waals surface area contributed by atoms with Gasteiger partial charge in [0.2, 0.25) is 0 Å². The monoisotopic (exact) mass is 255 g/mol. The van der Waals surface area contributed by atoms with Gasteiger partial charge in [-0.3, -0.25) is 0 Å². The third kappa shape index (κ3) is 1.98. The summed E-state index contributed by atoms with van der Waals surface area (Å²) in [5, 5.41) is 9.17. The molecule has 0 fully saturated rings. The quantitative estimate of drug-likeness (QED) is 0.770. The van der Waals surface area contributed by atoms with Gasteiger partial charge in [0.1, 0.15) is 17.9 Å². The summed E-state index contributed by atoms with van der Waals surface area (Å²) in [6, 6.07) is 4.48. The Morgan fingerprint density at radius 2 is 1.74 bits per heavy atom. The van der Waals surface area contributed by atoms with Gasteiger partial charge in [0, 0.05) is 18.9 Å². The summed E-state index contributed by atoms with van der Waals surface area (Å²) in [4.78, 5) is 4.21. The third-order valence-corrected chi connectivity index (χ3v) is 4.29. The average Bonchev–Trinajstić information content (AvgIpc) is 2.64. The molecule has 0 aliphatic carbocycles. The van der Waals surface area contributed by atoms with Crippen molar-refractivity contribution in [3.63, 3.8) is 0 Å². The Balaban J connectivity index is 2.59. The fourth-order valence-electron chi connectivity index (χ4n) is 2.75. The van der Waals surface area contributed by atoms with Gasteiger partial charge in [0.15, 0.2) is 0 Å². The van der Waals surface area contributed by atoms with E-state index in [0.717, 1.165) is 0 Å². The van der Waals surface area contributed by atoms with Gasteiger partial charge in [-0.15, -0.1) is 0 Å². The predicted octanol–water partition coefficient (Wildman–Crippen LogP) is 3.38. The Kier molecular flexibility index (Phi) is 3.28. The maximum absolute atomic E-state index is 9.17. The minimum Gasteiger partial charge on any atom is -0.344 e. The minimum atomic E-state index is 0.175. The summed E-state index contributed by atoms with van der Waals surface area (Å²) in [5.74, 6) is 0. The first kappa shape index (κ1) is 13.5. The fourth-order valence-corrected chi connectivity index (χ4v) is 2.75. The molecular weight excluding hydrogens is 234 g/mol. The summed E-state index contributed by atoms with van der Waals surface area (Å²) in [6.45, 7) is 10.7. The lowest BCUT2D eigenvalue weighted by molar-refractivity contribution is 0.367. The van der Waals surface area contributed by atoms with E-state index in [-0.39, 0.29) is 6.17 Å². The van der Waals surface area contributed by atoms with Crippen LogP contribution in [0.25, 0.3) is 0 Å². The zero-order valence-electron chi connectivity index (χ0n) is 12.6. The molecule has 2 rings (SSSR count). The molecule has 1 aliphatic heterocycles. The summed E-state index contributed by atoms with van der Waals surface area (Å²) in [6.07, 6.45) is 2.13. The normalized spacial score (nSPS) is 18.6. The number of rotatable bonds is 1. The molecule has 1 aromatic carbocycles. The molecule has 19 heavy (non-hydrogen) atoms. The van der Waals surface area contributed by atoms with Gasteiger partial charge >= 0.3 is 0 Å². The molecule has 0 aromatic heterocycles.